The van der Waals surface area contributed by atoms with Crippen LogP contribution < -0.4 is 16.0 Å². The number of oxazole rings is 1. The lowest BCUT2D eigenvalue weighted by Crippen LogP contribution is -2.43. The molecule has 0 aliphatic carbocycles. The molecular weight excluding hydrogens is 237 g/mol. The predicted octanol–water partition coefficient (Wildman–Crippen LogP) is 0.680. The van der Waals surface area contributed by atoms with E-state index in [0.717, 1.165) is 26.2 Å². The van der Waals surface area contributed by atoms with Crippen molar-refractivity contribution in [2.45, 2.75) is 0 Å². The third kappa shape index (κ3) is 1.69. The Morgan fingerprint density at radius 2 is 2.06 bits per heavy atom. The number of halogens is 1. The van der Waals surface area contributed by atoms with Gasteiger partial charge in [-0.25, -0.2) is 9.18 Å². The number of benzene rings is 1. The summed E-state index contributed by atoms with van der Waals surface area (Å²) >= 11 is 0. The lowest BCUT2D eigenvalue weighted by molar-refractivity contribution is 0.527. The molecule has 1 aliphatic heterocycles. The van der Waals surface area contributed by atoms with E-state index in [0.29, 0.717) is 16.8 Å². The molecule has 1 fully saturated rings. The van der Waals surface area contributed by atoms with E-state index in [1.165, 1.54) is 10.6 Å². The first-order valence-corrected chi connectivity index (χ1v) is 5.91. The molecule has 6 heteroatoms. The fourth-order valence-electron chi connectivity index (χ4n) is 2.28. The Hall–Kier alpha value is -1.82. The van der Waals surface area contributed by atoms with Gasteiger partial charge < -0.3 is 14.6 Å². The fourth-order valence-corrected chi connectivity index (χ4v) is 2.28. The Morgan fingerprint density at radius 1 is 1.33 bits per heavy atom. The summed E-state index contributed by atoms with van der Waals surface area (Å²) in [5.41, 5.74) is 1.41. The maximum atomic E-state index is 14.1. The van der Waals surface area contributed by atoms with E-state index in [1.54, 1.807) is 13.1 Å². The van der Waals surface area contributed by atoms with E-state index >= 15 is 0 Å². The standard InChI is InChI=1S/C12H14FN3O2/c1-15-10-6-8(13)9(7-11(10)18-12(15)17)16-4-2-14-3-5-16/h6-7,14H,2-5H2,1H3. The van der Waals surface area contributed by atoms with Crippen molar-refractivity contribution in [1.82, 2.24) is 9.88 Å². The van der Waals surface area contributed by atoms with Gasteiger partial charge in [0.15, 0.2) is 5.58 Å². The van der Waals surface area contributed by atoms with E-state index < -0.39 is 5.76 Å². The fraction of sp³-hybridized carbons (Fsp3) is 0.417. The van der Waals surface area contributed by atoms with Crippen LogP contribution in [-0.2, 0) is 7.05 Å². The molecule has 1 N–H and O–H groups in total. The number of piperazine rings is 1. The van der Waals surface area contributed by atoms with E-state index in [2.05, 4.69) is 5.32 Å². The van der Waals surface area contributed by atoms with Crippen molar-refractivity contribution >= 4 is 16.8 Å². The molecular formula is C12H14FN3O2. The van der Waals surface area contributed by atoms with Gasteiger partial charge in [-0.2, -0.15) is 0 Å². The number of aromatic nitrogens is 1. The van der Waals surface area contributed by atoms with Crippen molar-refractivity contribution in [2.75, 3.05) is 31.1 Å². The summed E-state index contributed by atoms with van der Waals surface area (Å²) in [6.45, 7) is 3.16. The summed E-state index contributed by atoms with van der Waals surface area (Å²) in [6, 6.07) is 2.97. The summed E-state index contributed by atoms with van der Waals surface area (Å²) in [7, 11) is 1.57. The molecule has 2 heterocycles. The summed E-state index contributed by atoms with van der Waals surface area (Å²) < 4.78 is 20.5. The molecule has 0 atom stereocenters. The van der Waals surface area contributed by atoms with E-state index in [-0.39, 0.29) is 5.82 Å². The molecule has 2 aromatic rings. The summed E-state index contributed by atoms with van der Waals surface area (Å²) in [5, 5.41) is 3.21. The average molecular weight is 251 g/mol. The van der Waals surface area contributed by atoms with Crippen molar-refractivity contribution in [1.29, 1.82) is 0 Å². The van der Waals surface area contributed by atoms with Gasteiger partial charge in [-0.15, -0.1) is 0 Å². The van der Waals surface area contributed by atoms with Crippen molar-refractivity contribution in [2.24, 2.45) is 7.05 Å². The van der Waals surface area contributed by atoms with Gasteiger partial charge >= 0.3 is 5.76 Å². The lowest BCUT2D eigenvalue weighted by atomic mass is 10.2. The first-order valence-electron chi connectivity index (χ1n) is 5.91. The molecule has 1 aliphatic rings. The van der Waals surface area contributed by atoms with Gasteiger partial charge in [0.1, 0.15) is 5.82 Å². The average Bonchev–Trinajstić information content (AvgIpc) is 2.66. The summed E-state index contributed by atoms with van der Waals surface area (Å²) in [5.74, 6) is -0.789. The number of nitrogens with one attached hydrogen (secondary N) is 1. The molecule has 18 heavy (non-hydrogen) atoms. The Kier molecular flexibility index (Phi) is 2.59. The van der Waals surface area contributed by atoms with Gasteiger partial charge in [0.25, 0.3) is 0 Å². The molecule has 5 nitrogen and oxygen atoms in total. The number of hydrogen-bond acceptors (Lipinski definition) is 4. The smallest absolute Gasteiger partial charge is 0.408 e. The van der Waals surface area contributed by atoms with Crippen LogP contribution >= 0.6 is 0 Å². The Labute approximate surface area is 103 Å². The van der Waals surface area contributed by atoms with Gasteiger partial charge in [-0.1, -0.05) is 0 Å². The van der Waals surface area contributed by atoms with Gasteiger partial charge in [-0.3, -0.25) is 4.57 Å². The number of anilines is 1. The number of nitrogens with zero attached hydrogens (tertiary/aromatic N) is 2. The zero-order valence-electron chi connectivity index (χ0n) is 10.1. The van der Waals surface area contributed by atoms with Crippen molar-refractivity contribution in [3.8, 4) is 0 Å². The first-order chi connectivity index (χ1) is 8.66. The topological polar surface area (TPSA) is 50.4 Å². The second-order valence-electron chi connectivity index (χ2n) is 4.44. The quantitative estimate of drug-likeness (QED) is 0.809. The second kappa shape index (κ2) is 4.13. The molecule has 1 aromatic heterocycles. The molecule has 0 spiro atoms. The molecule has 0 amide bonds. The minimum Gasteiger partial charge on any atom is -0.408 e. The monoisotopic (exact) mass is 251 g/mol. The maximum Gasteiger partial charge on any atom is 0.419 e. The highest BCUT2D eigenvalue weighted by atomic mass is 19.1. The number of rotatable bonds is 1. The van der Waals surface area contributed by atoms with Gasteiger partial charge in [0.05, 0.1) is 11.2 Å². The van der Waals surface area contributed by atoms with Crippen LogP contribution in [0.4, 0.5) is 10.1 Å². The zero-order chi connectivity index (χ0) is 12.7. The largest absolute Gasteiger partial charge is 0.419 e. The van der Waals surface area contributed by atoms with Crippen LogP contribution in [0.25, 0.3) is 11.1 Å². The SMILES string of the molecule is Cn1c(=O)oc2cc(N3CCNCC3)c(F)cc21. The highest BCUT2D eigenvalue weighted by Gasteiger charge is 2.17. The maximum absolute atomic E-state index is 14.1. The molecule has 0 unspecified atom stereocenters. The summed E-state index contributed by atoms with van der Waals surface area (Å²) in [6.07, 6.45) is 0. The molecule has 1 aromatic carbocycles. The molecule has 0 saturated carbocycles. The number of fused-ring (bicyclic) bond motifs is 1. The molecule has 96 valence electrons. The lowest BCUT2D eigenvalue weighted by Gasteiger charge is -2.29. The van der Waals surface area contributed by atoms with Crippen LogP contribution in [0.2, 0.25) is 0 Å². The molecule has 0 bridgehead atoms. The highest BCUT2D eigenvalue weighted by molar-refractivity contribution is 5.78. The van der Waals surface area contributed by atoms with Gasteiger partial charge in [0, 0.05) is 45.4 Å². The third-order valence-corrected chi connectivity index (χ3v) is 3.32. The number of hydrogen-bond donors (Lipinski definition) is 1. The summed E-state index contributed by atoms with van der Waals surface area (Å²) in [4.78, 5) is 13.3. The van der Waals surface area contributed by atoms with E-state index in [9.17, 15) is 9.18 Å². The Bertz CT molecular complexity index is 641. The molecule has 1 saturated heterocycles. The molecule has 3 rings (SSSR count). The van der Waals surface area contributed by atoms with Crippen molar-refractivity contribution < 1.29 is 8.81 Å². The minimum atomic E-state index is -0.470. The van der Waals surface area contributed by atoms with Crippen molar-refractivity contribution in [3.63, 3.8) is 0 Å². The Morgan fingerprint density at radius 3 is 2.78 bits per heavy atom. The van der Waals surface area contributed by atoms with E-state index in [1.807, 2.05) is 4.90 Å². The minimum absolute atomic E-state index is 0.319. The van der Waals surface area contributed by atoms with Crippen LogP contribution in [0.15, 0.2) is 21.3 Å². The Balaban J connectivity index is 2.12. The van der Waals surface area contributed by atoms with Crippen molar-refractivity contribution in [3.05, 3.63) is 28.5 Å². The zero-order valence-corrected chi connectivity index (χ0v) is 10.1. The van der Waals surface area contributed by atoms with Crippen LogP contribution in [0.3, 0.4) is 0 Å². The second-order valence-corrected chi connectivity index (χ2v) is 4.44. The molecule has 0 radical (unpaired) electrons. The third-order valence-electron chi connectivity index (χ3n) is 3.32. The van der Waals surface area contributed by atoms with Crippen LogP contribution in [0.5, 0.6) is 0 Å². The van der Waals surface area contributed by atoms with Gasteiger partial charge in [0.2, 0.25) is 0 Å². The highest BCUT2D eigenvalue weighted by Crippen LogP contribution is 2.25. The van der Waals surface area contributed by atoms with Gasteiger partial charge in [-0.05, 0) is 0 Å². The van der Waals surface area contributed by atoms with E-state index in [4.69, 9.17) is 4.42 Å². The number of aryl methyl sites for hydroxylation is 1. The van der Waals surface area contributed by atoms with Crippen LogP contribution in [0.1, 0.15) is 0 Å². The predicted molar refractivity (Wildman–Crippen MR) is 66.5 cm³/mol. The normalized spacial score (nSPS) is 16.4. The first kappa shape index (κ1) is 11.3. The van der Waals surface area contributed by atoms with Crippen LogP contribution in [-0.4, -0.2) is 30.7 Å². The van der Waals surface area contributed by atoms with Crippen LogP contribution in [0, 0.1) is 5.82 Å².